The summed E-state index contributed by atoms with van der Waals surface area (Å²) in [5, 5.41) is 13.9. The van der Waals surface area contributed by atoms with Crippen molar-refractivity contribution in [2.45, 2.75) is 46.2 Å². The van der Waals surface area contributed by atoms with Crippen LogP contribution < -0.4 is 14.8 Å². The van der Waals surface area contributed by atoms with E-state index in [9.17, 15) is 19.7 Å². The van der Waals surface area contributed by atoms with E-state index in [2.05, 4.69) is 5.32 Å². The van der Waals surface area contributed by atoms with Gasteiger partial charge in [-0.2, -0.15) is 0 Å². The summed E-state index contributed by atoms with van der Waals surface area (Å²) in [7, 11) is 1.32. The first kappa shape index (κ1) is 25.6. The van der Waals surface area contributed by atoms with Crippen LogP contribution in [0.2, 0.25) is 0 Å². The van der Waals surface area contributed by atoms with Crippen molar-refractivity contribution in [2.24, 2.45) is 0 Å². The summed E-state index contributed by atoms with van der Waals surface area (Å²) in [5.41, 5.74) is 1.75. The molecule has 1 atom stereocenters. The molecule has 9 nitrogen and oxygen atoms in total. The third-order valence-electron chi connectivity index (χ3n) is 5.14. The quantitative estimate of drug-likeness (QED) is 0.296. The Labute approximate surface area is 193 Å². The zero-order valence-corrected chi connectivity index (χ0v) is 19.5. The highest BCUT2D eigenvalue weighted by molar-refractivity contribution is 5.88. The van der Waals surface area contributed by atoms with E-state index in [0.717, 1.165) is 24.0 Å². The second-order valence-electron chi connectivity index (χ2n) is 7.71. The molecule has 0 aliphatic heterocycles. The molecule has 0 saturated heterocycles. The first-order valence-electron chi connectivity index (χ1n) is 10.8. The number of ether oxygens (including phenoxy) is 2. The van der Waals surface area contributed by atoms with Gasteiger partial charge in [-0.3, -0.25) is 19.7 Å². The Morgan fingerprint density at radius 3 is 2.61 bits per heavy atom. The Bertz CT molecular complexity index is 978. The van der Waals surface area contributed by atoms with Crippen LogP contribution in [0.4, 0.5) is 5.69 Å². The second kappa shape index (κ2) is 12.4. The Hall–Kier alpha value is -3.62. The molecular formula is C24H31N3O6. The molecule has 2 amide bonds. The number of carbonyl (C=O) groups is 2. The maximum absolute atomic E-state index is 13.1. The average Bonchev–Trinajstić information content (AvgIpc) is 2.80. The van der Waals surface area contributed by atoms with Crippen molar-refractivity contribution < 1.29 is 24.0 Å². The Morgan fingerprint density at radius 1 is 1.21 bits per heavy atom. The van der Waals surface area contributed by atoms with Gasteiger partial charge in [0.25, 0.3) is 5.91 Å². The molecule has 0 fully saturated rings. The van der Waals surface area contributed by atoms with Gasteiger partial charge in [-0.05, 0) is 31.9 Å². The first-order chi connectivity index (χ1) is 15.8. The van der Waals surface area contributed by atoms with E-state index in [-0.39, 0.29) is 42.2 Å². The lowest BCUT2D eigenvalue weighted by Crippen LogP contribution is -2.49. The number of unbranched alkanes of at least 4 members (excludes halogenated alkanes) is 1. The molecule has 1 N–H and O–H groups in total. The van der Waals surface area contributed by atoms with Crippen molar-refractivity contribution in [3.63, 3.8) is 0 Å². The van der Waals surface area contributed by atoms with Gasteiger partial charge in [0.15, 0.2) is 6.61 Å². The highest BCUT2D eigenvalue weighted by Gasteiger charge is 2.26. The van der Waals surface area contributed by atoms with Gasteiger partial charge in [-0.25, -0.2) is 0 Å². The molecule has 0 aromatic heterocycles. The van der Waals surface area contributed by atoms with Crippen LogP contribution in [0, 0.1) is 17.0 Å². The fourth-order valence-electron chi connectivity index (χ4n) is 3.25. The Kier molecular flexibility index (Phi) is 9.65. The van der Waals surface area contributed by atoms with Crippen LogP contribution in [0.5, 0.6) is 11.5 Å². The summed E-state index contributed by atoms with van der Waals surface area (Å²) < 4.78 is 10.6. The lowest BCUT2D eigenvalue weighted by Gasteiger charge is -2.29. The van der Waals surface area contributed by atoms with Gasteiger partial charge in [0.05, 0.1) is 12.0 Å². The topological polar surface area (TPSA) is 111 Å². The highest BCUT2D eigenvalue weighted by Crippen LogP contribution is 2.30. The minimum absolute atomic E-state index is 0.0326. The predicted octanol–water partition coefficient (Wildman–Crippen LogP) is 3.62. The zero-order chi connectivity index (χ0) is 24.4. The molecule has 33 heavy (non-hydrogen) atoms. The number of nitrogens with zero attached hydrogens (tertiary/aromatic N) is 2. The number of nitrogens with one attached hydrogen (secondary N) is 1. The third kappa shape index (κ3) is 7.48. The number of nitro benzene ring substituents is 1. The van der Waals surface area contributed by atoms with Crippen molar-refractivity contribution in [3.8, 4) is 11.5 Å². The summed E-state index contributed by atoms with van der Waals surface area (Å²) in [6.07, 6.45) is 1.81. The van der Waals surface area contributed by atoms with Crippen molar-refractivity contribution in [3.05, 3.63) is 63.7 Å². The van der Waals surface area contributed by atoms with E-state index < -0.39 is 11.0 Å². The fraction of sp³-hybridized carbons (Fsp3) is 0.417. The van der Waals surface area contributed by atoms with E-state index in [1.165, 1.54) is 30.2 Å². The largest absolute Gasteiger partial charge is 0.490 e. The smallest absolute Gasteiger partial charge is 0.311 e. The van der Waals surface area contributed by atoms with Gasteiger partial charge in [-0.15, -0.1) is 0 Å². The molecule has 0 aliphatic carbocycles. The van der Waals surface area contributed by atoms with Crippen LogP contribution in [0.15, 0.2) is 42.5 Å². The van der Waals surface area contributed by atoms with Gasteiger partial charge in [0.2, 0.25) is 11.7 Å². The lowest BCUT2D eigenvalue weighted by molar-refractivity contribution is -0.385. The molecule has 0 saturated carbocycles. The monoisotopic (exact) mass is 457 g/mol. The van der Waals surface area contributed by atoms with Gasteiger partial charge < -0.3 is 19.7 Å². The molecule has 0 aliphatic rings. The number of carbonyl (C=O) groups excluding carboxylic acids is 2. The van der Waals surface area contributed by atoms with Crippen LogP contribution >= 0.6 is 0 Å². The van der Waals surface area contributed by atoms with E-state index in [4.69, 9.17) is 9.47 Å². The van der Waals surface area contributed by atoms with Crippen molar-refractivity contribution in [2.75, 3.05) is 20.3 Å². The number of benzene rings is 2. The molecule has 0 unspecified atom stereocenters. The van der Waals surface area contributed by atoms with E-state index >= 15 is 0 Å². The fourth-order valence-corrected chi connectivity index (χ4v) is 3.25. The highest BCUT2D eigenvalue weighted by atomic mass is 16.6. The number of hydrogen-bond donors (Lipinski definition) is 1. The predicted molar refractivity (Wildman–Crippen MR) is 124 cm³/mol. The maximum Gasteiger partial charge on any atom is 0.311 e. The van der Waals surface area contributed by atoms with Gasteiger partial charge >= 0.3 is 5.69 Å². The van der Waals surface area contributed by atoms with Crippen LogP contribution in [0.3, 0.4) is 0 Å². The maximum atomic E-state index is 13.1. The molecule has 9 heteroatoms. The molecule has 0 radical (unpaired) electrons. The summed E-state index contributed by atoms with van der Waals surface area (Å²) >= 11 is 0. The third-order valence-corrected chi connectivity index (χ3v) is 5.14. The van der Waals surface area contributed by atoms with Gasteiger partial charge in [0.1, 0.15) is 11.8 Å². The molecular weight excluding hydrogens is 426 g/mol. The summed E-state index contributed by atoms with van der Waals surface area (Å²) in [5.74, 6) is -0.333. The van der Waals surface area contributed by atoms with Crippen LogP contribution in [-0.2, 0) is 16.1 Å². The molecule has 2 rings (SSSR count). The van der Waals surface area contributed by atoms with Gasteiger partial charge in [0, 0.05) is 25.2 Å². The summed E-state index contributed by atoms with van der Waals surface area (Å²) in [4.78, 5) is 37.7. The standard InChI is InChI=1S/C24H31N3O6/c1-5-6-12-25-24(29)18(3)26(15-19-9-7-8-17(2)13-19)23(28)16-33-20-10-11-21(27(30)31)22(14-20)32-4/h7-11,13-14,18H,5-6,12,15-16H2,1-4H3,(H,25,29)/t18-/m1/s1. The molecule has 2 aromatic rings. The van der Waals surface area contributed by atoms with E-state index in [1.807, 2.05) is 38.1 Å². The molecule has 0 heterocycles. The lowest BCUT2D eigenvalue weighted by atomic mass is 10.1. The minimum Gasteiger partial charge on any atom is -0.490 e. The minimum atomic E-state index is -0.704. The van der Waals surface area contributed by atoms with Gasteiger partial charge in [-0.1, -0.05) is 43.2 Å². The van der Waals surface area contributed by atoms with Crippen LogP contribution in [0.1, 0.15) is 37.8 Å². The number of amides is 2. The number of nitro groups is 1. The van der Waals surface area contributed by atoms with E-state index in [0.29, 0.717) is 6.54 Å². The molecule has 2 aromatic carbocycles. The summed E-state index contributed by atoms with van der Waals surface area (Å²) in [6.45, 7) is 6.14. The number of methoxy groups -OCH3 is 1. The number of rotatable bonds is 12. The SMILES string of the molecule is CCCCNC(=O)[C@@H](C)N(Cc1cccc(C)c1)C(=O)COc1ccc([N+](=O)[O-])c(OC)c1. The zero-order valence-electron chi connectivity index (χ0n) is 19.5. The van der Waals surface area contributed by atoms with Crippen LogP contribution in [-0.4, -0.2) is 47.9 Å². The average molecular weight is 458 g/mol. The number of aryl methyl sites for hydroxylation is 1. The van der Waals surface area contributed by atoms with Crippen LogP contribution in [0.25, 0.3) is 0 Å². The van der Waals surface area contributed by atoms with Crippen molar-refractivity contribution in [1.82, 2.24) is 10.2 Å². The van der Waals surface area contributed by atoms with Crippen molar-refractivity contribution >= 4 is 17.5 Å². The molecule has 0 bridgehead atoms. The van der Waals surface area contributed by atoms with E-state index in [1.54, 1.807) is 6.92 Å². The molecule has 178 valence electrons. The number of hydrogen-bond acceptors (Lipinski definition) is 6. The Morgan fingerprint density at radius 2 is 1.97 bits per heavy atom. The second-order valence-corrected chi connectivity index (χ2v) is 7.71. The normalized spacial score (nSPS) is 11.4. The Balaban J connectivity index is 2.16. The first-order valence-corrected chi connectivity index (χ1v) is 10.8. The van der Waals surface area contributed by atoms with Crippen molar-refractivity contribution in [1.29, 1.82) is 0 Å². The molecule has 0 spiro atoms. The summed E-state index contributed by atoms with van der Waals surface area (Å²) in [6, 6.07) is 11.0.